The van der Waals surface area contributed by atoms with E-state index in [-0.39, 0.29) is 30.2 Å². The van der Waals surface area contributed by atoms with Crippen LogP contribution >= 0.6 is 0 Å². The quantitative estimate of drug-likeness (QED) is 0.602. The fourth-order valence-electron chi connectivity index (χ4n) is 3.41. The van der Waals surface area contributed by atoms with Gasteiger partial charge < -0.3 is 10.1 Å². The predicted molar refractivity (Wildman–Crippen MR) is 121 cm³/mol. The van der Waals surface area contributed by atoms with Crippen LogP contribution in [-0.4, -0.2) is 45.6 Å². The number of hydrazone groups is 1. The van der Waals surface area contributed by atoms with Crippen molar-refractivity contribution in [2.24, 2.45) is 5.10 Å². The molecule has 0 fully saturated rings. The number of nitrogens with one attached hydrogen (secondary N) is 1. The number of carbonyl (C=O) groups excluding carboxylic acids is 3. The first-order valence-corrected chi connectivity index (χ1v) is 10.3. The zero-order valence-corrected chi connectivity index (χ0v) is 18.4. The Morgan fingerprint density at radius 2 is 1.85 bits per heavy atom. The predicted octanol–water partition coefficient (Wildman–Crippen LogP) is 2.79. The van der Waals surface area contributed by atoms with Gasteiger partial charge in [-0.1, -0.05) is 29.5 Å². The van der Waals surface area contributed by atoms with Gasteiger partial charge in [-0.05, 0) is 43.2 Å². The molecule has 33 heavy (non-hydrogen) atoms. The molecule has 2 heterocycles. The van der Waals surface area contributed by atoms with Gasteiger partial charge in [0.25, 0.3) is 5.91 Å². The smallest absolute Gasteiger partial charge is 0.360 e. The molecule has 0 radical (unpaired) electrons. The van der Waals surface area contributed by atoms with Gasteiger partial charge in [0.05, 0.1) is 30.4 Å². The number of esters is 1. The van der Waals surface area contributed by atoms with Gasteiger partial charge in [0.15, 0.2) is 5.69 Å². The molecule has 0 saturated heterocycles. The second-order valence-electron chi connectivity index (χ2n) is 7.55. The van der Waals surface area contributed by atoms with Gasteiger partial charge in [0.1, 0.15) is 5.71 Å². The van der Waals surface area contributed by atoms with Crippen LogP contribution in [0.25, 0.3) is 5.69 Å². The lowest BCUT2D eigenvalue weighted by Crippen LogP contribution is -2.36. The zero-order chi connectivity index (χ0) is 23.5. The Kier molecular flexibility index (Phi) is 5.99. The summed E-state index contributed by atoms with van der Waals surface area (Å²) in [7, 11) is 1.26. The zero-order valence-electron chi connectivity index (χ0n) is 18.4. The van der Waals surface area contributed by atoms with Gasteiger partial charge in [-0.15, -0.1) is 5.10 Å². The molecular formula is C23H22N6O4. The van der Waals surface area contributed by atoms with E-state index in [2.05, 4.69) is 25.5 Å². The van der Waals surface area contributed by atoms with Crippen molar-refractivity contribution in [3.8, 4) is 5.69 Å². The highest BCUT2D eigenvalue weighted by Gasteiger charge is 2.27. The number of amides is 2. The molecule has 1 aromatic heterocycles. The molecule has 0 atom stereocenters. The third-order valence-electron chi connectivity index (χ3n) is 5.17. The maximum atomic E-state index is 13.0. The molecular weight excluding hydrogens is 424 g/mol. The Balaban J connectivity index is 1.61. The van der Waals surface area contributed by atoms with Crippen molar-refractivity contribution in [1.82, 2.24) is 15.0 Å². The maximum Gasteiger partial charge on any atom is 0.360 e. The minimum atomic E-state index is -0.615. The van der Waals surface area contributed by atoms with Crippen molar-refractivity contribution in [2.75, 3.05) is 17.4 Å². The van der Waals surface area contributed by atoms with Crippen LogP contribution in [0, 0.1) is 13.8 Å². The van der Waals surface area contributed by atoms with E-state index < -0.39 is 11.9 Å². The SMILES string of the molecule is COC(=O)c1cn(-c2ccccc2NC(=O)C2=NN(c3cc(C)ccc3C)C(=O)CC2)nn1. The number of carbonyl (C=O) groups is 3. The van der Waals surface area contributed by atoms with E-state index in [9.17, 15) is 14.4 Å². The molecule has 0 unspecified atom stereocenters. The Morgan fingerprint density at radius 3 is 2.64 bits per heavy atom. The van der Waals surface area contributed by atoms with Crippen LogP contribution in [0.4, 0.5) is 11.4 Å². The first-order chi connectivity index (χ1) is 15.9. The van der Waals surface area contributed by atoms with E-state index in [1.807, 2.05) is 32.0 Å². The summed E-state index contributed by atoms with van der Waals surface area (Å²) < 4.78 is 6.03. The molecule has 0 spiro atoms. The minimum Gasteiger partial charge on any atom is -0.464 e. The van der Waals surface area contributed by atoms with E-state index in [0.717, 1.165) is 11.1 Å². The first kappa shape index (κ1) is 21.9. The summed E-state index contributed by atoms with van der Waals surface area (Å²) in [6.07, 6.45) is 1.81. The Bertz CT molecular complexity index is 1280. The van der Waals surface area contributed by atoms with E-state index in [1.54, 1.807) is 24.3 Å². The topological polar surface area (TPSA) is 119 Å². The van der Waals surface area contributed by atoms with Crippen LogP contribution in [-0.2, 0) is 14.3 Å². The molecule has 0 aliphatic carbocycles. The fourth-order valence-corrected chi connectivity index (χ4v) is 3.41. The summed E-state index contributed by atoms with van der Waals surface area (Å²) >= 11 is 0. The number of aromatic nitrogens is 3. The van der Waals surface area contributed by atoms with Crippen LogP contribution in [0.1, 0.15) is 34.5 Å². The van der Waals surface area contributed by atoms with Crippen LogP contribution in [0.15, 0.2) is 53.8 Å². The molecule has 0 bridgehead atoms. The molecule has 1 aliphatic heterocycles. The number of ether oxygens (including phenoxy) is 1. The lowest BCUT2D eigenvalue weighted by molar-refractivity contribution is -0.118. The average molecular weight is 446 g/mol. The van der Waals surface area contributed by atoms with Crippen LogP contribution in [0.5, 0.6) is 0 Å². The molecule has 2 aromatic carbocycles. The van der Waals surface area contributed by atoms with Crippen molar-refractivity contribution < 1.29 is 19.1 Å². The second-order valence-corrected chi connectivity index (χ2v) is 7.55. The Labute approximate surface area is 189 Å². The highest BCUT2D eigenvalue weighted by Crippen LogP contribution is 2.26. The molecule has 1 aliphatic rings. The van der Waals surface area contributed by atoms with Crippen molar-refractivity contribution in [1.29, 1.82) is 0 Å². The second kappa shape index (κ2) is 9.03. The minimum absolute atomic E-state index is 0.0398. The summed E-state index contributed by atoms with van der Waals surface area (Å²) in [4.78, 5) is 37.3. The maximum absolute atomic E-state index is 13.0. The molecule has 4 rings (SSSR count). The monoisotopic (exact) mass is 446 g/mol. The van der Waals surface area contributed by atoms with E-state index >= 15 is 0 Å². The standard InChI is InChI=1S/C23H22N6O4/c1-14-8-9-15(2)20(12-14)29-21(30)11-10-17(26-29)22(31)24-16-6-4-5-7-19(16)28-13-18(25-27-28)23(32)33-3/h4-9,12-13H,10-11H2,1-3H3,(H,24,31). The number of methoxy groups -OCH3 is 1. The van der Waals surface area contributed by atoms with Crippen molar-refractivity contribution in [3.63, 3.8) is 0 Å². The first-order valence-electron chi connectivity index (χ1n) is 10.3. The van der Waals surface area contributed by atoms with Gasteiger partial charge in [-0.3, -0.25) is 9.59 Å². The van der Waals surface area contributed by atoms with Gasteiger partial charge >= 0.3 is 5.97 Å². The normalized spacial score (nSPS) is 13.5. The molecule has 10 nitrogen and oxygen atoms in total. The highest BCUT2D eigenvalue weighted by atomic mass is 16.5. The number of para-hydroxylation sites is 2. The summed E-state index contributed by atoms with van der Waals surface area (Å²) in [6, 6.07) is 12.7. The van der Waals surface area contributed by atoms with Gasteiger partial charge in [-0.25, -0.2) is 14.5 Å². The largest absolute Gasteiger partial charge is 0.464 e. The third kappa shape index (κ3) is 4.49. The van der Waals surface area contributed by atoms with Gasteiger partial charge in [0, 0.05) is 12.8 Å². The van der Waals surface area contributed by atoms with Gasteiger partial charge in [0.2, 0.25) is 5.91 Å². The van der Waals surface area contributed by atoms with Crippen LogP contribution in [0.2, 0.25) is 0 Å². The molecule has 2 amide bonds. The lowest BCUT2D eigenvalue weighted by Gasteiger charge is -2.25. The van der Waals surface area contributed by atoms with Crippen molar-refractivity contribution in [2.45, 2.75) is 26.7 Å². The van der Waals surface area contributed by atoms with E-state index in [0.29, 0.717) is 17.1 Å². The molecule has 168 valence electrons. The Morgan fingerprint density at radius 1 is 1.06 bits per heavy atom. The van der Waals surface area contributed by atoms with Crippen LogP contribution < -0.4 is 10.3 Å². The molecule has 3 aromatic rings. The van der Waals surface area contributed by atoms with E-state index in [1.165, 1.54) is 23.0 Å². The molecule has 1 N–H and O–H groups in total. The number of benzene rings is 2. The van der Waals surface area contributed by atoms with Crippen molar-refractivity contribution >= 4 is 34.9 Å². The number of hydrogen-bond donors (Lipinski definition) is 1. The number of hydrogen-bond acceptors (Lipinski definition) is 7. The van der Waals surface area contributed by atoms with Crippen molar-refractivity contribution in [3.05, 3.63) is 65.5 Å². The number of rotatable bonds is 5. The third-order valence-corrected chi connectivity index (χ3v) is 5.17. The lowest BCUT2D eigenvalue weighted by atomic mass is 10.1. The average Bonchev–Trinajstić information content (AvgIpc) is 3.31. The number of nitrogens with zero attached hydrogens (tertiary/aromatic N) is 5. The van der Waals surface area contributed by atoms with Crippen LogP contribution in [0.3, 0.4) is 0 Å². The summed E-state index contributed by atoms with van der Waals surface area (Å²) in [6.45, 7) is 3.82. The highest BCUT2D eigenvalue weighted by molar-refractivity contribution is 6.44. The Hall–Kier alpha value is -4.34. The summed E-state index contributed by atoms with van der Waals surface area (Å²) in [5.41, 5.74) is 3.76. The molecule has 10 heteroatoms. The summed E-state index contributed by atoms with van der Waals surface area (Å²) in [5, 5.41) is 16.2. The number of aryl methyl sites for hydroxylation is 2. The summed E-state index contributed by atoms with van der Waals surface area (Å²) in [5.74, 6) is -1.22. The number of anilines is 2. The van der Waals surface area contributed by atoms with Gasteiger partial charge in [-0.2, -0.15) is 5.10 Å². The molecule has 0 saturated carbocycles. The van der Waals surface area contributed by atoms with E-state index in [4.69, 9.17) is 0 Å². The fraction of sp³-hybridized carbons (Fsp3) is 0.217.